The summed E-state index contributed by atoms with van der Waals surface area (Å²) in [7, 11) is 1.63. The average molecular weight is 495 g/mol. The van der Waals surface area contributed by atoms with Crippen molar-refractivity contribution in [2.24, 2.45) is 0 Å². The van der Waals surface area contributed by atoms with Gasteiger partial charge in [-0.25, -0.2) is 0 Å². The van der Waals surface area contributed by atoms with Gasteiger partial charge in [-0.15, -0.1) is 0 Å². The molecule has 0 amide bonds. The van der Waals surface area contributed by atoms with Crippen molar-refractivity contribution in [3.63, 3.8) is 0 Å². The maximum absolute atomic E-state index is 12.9. The fourth-order valence-corrected chi connectivity index (χ4v) is 4.17. The Morgan fingerprint density at radius 1 is 1.09 bits per heavy atom. The number of fused-ring (bicyclic) bond motifs is 2. The highest BCUT2D eigenvalue weighted by molar-refractivity contribution is 9.10. The third kappa shape index (κ3) is 4.09. The number of hydrogen-bond donors (Lipinski definition) is 0. The van der Waals surface area contributed by atoms with Crippen molar-refractivity contribution < 1.29 is 28.5 Å². The van der Waals surface area contributed by atoms with Crippen LogP contribution in [0.1, 0.15) is 27.0 Å². The molecule has 7 heteroatoms. The summed E-state index contributed by atoms with van der Waals surface area (Å²) in [5.41, 5.74) is 3.14. The van der Waals surface area contributed by atoms with Gasteiger partial charge in [0.1, 0.15) is 29.6 Å². The number of allylic oxidation sites excluding steroid dienone is 1. The van der Waals surface area contributed by atoms with Gasteiger partial charge in [0.25, 0.3) is 0 Å². The highest BCUT2D eigenvalue weighted by Gasteiger charge is 2.28. The van der Waals surface area contributed by atoms with Gasteiger partial charge in [-0.1, -0.05) is 28.1 Å². The van der Waals surface area contributed by atoms with E-state index in [9.17, 15) is 4.79 Å². The van der Waals surface area contributed by atoms with Crippen LogP contribution in [0.15, 0.2) is 64.8 Å². The zero-order valence-corrected chi connectivity index (χ0v) is 18.8. The molecule has 0 saturated heterocycles. The number of ketones is 1. The largest absolute Gasteiger partial charge is 0.497 e. The maximum Gasteiger partial charge on any atom is 0.231 e. The van der Waals surface area contributed by atoms with Gasteiger partial charge in [-0.05, 0) is 48.0 Å². The van der Waals surface area contributed by atoms with Crippen LogP contribution in [0.5, 0.6) is 23.0 Å². The highest BCUT2D eigenvalue weighted by Crippen LogP contribution is 2.38. The molecule has 0 aromatic heterocycles. The molecular weight excluding hydrogens is 476 g/mol. The second-order valence-electron chi connectivity index (χ2n) is 7.33. The van der Waals surface area contributed by atoms with Crippen molar-refractivity contribution in [2.45, 2.75) is 13.2 Å². The second kappa shape index (κ2) is 8.68. The summed E-state index contributed by atoms with van der Waals surface area (Å²) in [6, 6.07) is 16.7. The lowest BCUT2D eigenvalue weighted by atomic mass is 10.1. The lowest BCUT2D eigenvalue weighted by Crippen LogP contribution is -2.12. The van der Waals surface area contributed by atoms with Crippen LogP contribution in [0.2, 0.25) is 0 Å². The van der Waals surface area contributed by atoms with E-state index in [1.807, 2.05) is 36.4 Å². The first-order valence-electron chi connectivity index (χ1n) is 9.98. The molecule has 2 aliphatic rings. The molecule has 3 aromatic rings. The zero-order valence-electron chi connectivity index (χ0n) is 17.2. The fourth-order valence-electron chi connectivity index (χ4n) is 3.64. The molecule has 2 aliphatic heterocycles. The first-order valence-corrected chi connectivity index (χ1v) is 10.8. The Hall–Kier alpha value is -3.29. The van der Waals surface area contributed by atoms with Crippen molar-refractivity contribution in [3.8, 4) is 23.0 Å². The quantitative estimate of drug-likeness (QED) is 0.435. The van der Waals surface area contributed by atoms with Crippen LogP contribution in [0.3, 0.4) is 0 Å². The molecule has 162 valence electrons. The van der Waals surface area contributed by atoms with Crippen molar-refractivity contribution in [2.75, 3.05) is 13.9 Å². The summed E-state index contributed by atoms with van der Waals surface area (Å²) in [5.74, 6) is 2.61. The van der Waals surface area contributed by atoms with Gasteiger partial charge in [0.2, 0.25) is 5.78 Å². The Bertz CT molecular complexity index is 1230. The van der Waals surface area contributed by atoms with Gasteiger partial charge in [0.15, 0.2) is 12.6 Å². The first kappa shape index (κ1) is 20.6. The first-order chi connectivity index (χ1) is 15.6. The maximum atomic E-state index is 12.9. The number of Topliss-reactive ketones (excluding diaryl/α,β-unsaturated/α-hetero) is 1. The predicted octanol–water partition coefficient (Wildman–Crippen LogP) is 5.52. The summed E-state index contributed by atoms with van der Waals surface area (Å²) in [5, 5.41) is 0. The molecule has 2 heterocycles. The van der Waals surface area contributed by atoms with Gasteiger partial charge in [0.05, 0.1) is 19.3 Å². The van der Waals surface area contributed by atoms with Gasteiger partial charge >= 0.3 is 0 Å². The predicted molar refractivity (Wildman–Crippen MR) is 121 cm³/mol. The zero-order chi connectivity index (χ0) is 22.1. The number of rotatable bonds is 5. The molecule has 0 N–H and O–H groups in total. The Balaban J connectivity index is 1.37. The Morgan fingerprint density at radius 3 is 2.88 bits per heavy atom. The monoisotopic (exact) mass is 494 g/mol. The number of halogens is 1. The van der Waals surface area contributed by atoms with E-state index in [2.05, 4.69) is 15.9 Å². The Labute approximate surface area is 193 Å². The lowest BCUT2D eigenvalue weighted by molar-refractivity contribution is -0.0165. The summed E-state index contributed by atoms with van der Waals surface area (Å²) < 4.78 is 28.9. The number of carbonyl (C=O) groups excluding carboxylic acids is 1. The topological polar surface area (TPSA) is 63.2 Å². The average Bonchev–Trinajstić information content (AvgIpc) is 3.12. The molecule has 0 radical (unpaired) electrons. The van der Waals surface area contributed by atoms with Crippen molar-refractivity contribution in [3.05, 3.63) is 87.1 Å². The summed E-state index contributed by atoms with van der Waals surface area (Å²) in [6.07, 6.45) is 1.70. The van der Waals surface area contributed by atoms with Crippen molar-refractivity contribution >= 4 is 27.8 Å². The molecule has 0 saturated carbocycles. The summed E-state index contributed by atoms with van der Waals surface area (Å²) in [6.45, 7) is 0.998. The normalized spacial score (nSPS) is 15.6. The number of ether oxygens (including phenoxy) is 5. The minimum absolute atomic E-state index is 0.174. The van der Waals surface area contributed by atoms with Crippen LogP contribution < -0.4 is 18.9 Å². The smallest absolute Gasteiger partial charge is 0.231 e. The van der Waals surface area contributed by atoms with E-state index < -0.39 is 0 Å². The summed E-state index contributed by atoms with van der Waals surface area (Å²) in [4.78, 5) is 12.9. The van der Waals surface area contributed by atoms with E-state index in [0.717, 1.165) is 26.9 Å². The molecule has 0 atom stereocenters. The van der Waals surface area contributed by atoms with Crippen LogP contribution in [-0.2, 0) is 18.0 Å². The molecule has 0 fully saturated rings. The molecule has 3 aromatic carbocycles. The van der Waals surface area contributed by atoms with Crippen LogP contribution >= 0.6 is 15.9 Å². The van der Waals surface area contributed by atoms with E-state index in [0.29, 0.717) is 36.0 Å². The third-order valence-corrected chi connectivity index (χ3v) is 5.63. The second-order valence-corrected chi connectivity index (χ2v) is 8.25. The number of hydrogen-bond acceptors (Lipinski definition) is 6. The number of carbonyl (C=O) groups is 1. The summed E-state index contributed by atoms with van der Waals surface area (Å²) >= 11 is 3.50. The van der Waals surface area contributed by atoms with Gasteiger partial charge in [0, 0.05) is 21.7 Å². The third-order valence-electron chi connectivity index (χ3n) is 5.17. The van der Waals surface area contributed by atoms with Gasteiger partial charge in [-0.2, -0.15) is 0 Å². The van der Waals surface area contributed by atoms with E-state index >= 15 is 0 Å². The molecule has 0 aliphatic carbocycles. The molecule has 0 bridgehead atoms. The fraction of sp³-hybridized carbons (Fsp3) is 0.160. The van der Waals surface area contributed by atoms with Crippen LogP contribution in [-0.4, -0.2) is 19.7 Å². The van der Waals surface area contributed by atoms with Gasteiger partial charge < -0.3 is 23.7 Å². The van der Waals surface area contributed by atoms with E-state index in [1.165, 1.54) is 0 Å². The minimum Gasteiger partial charge on any atom is -0.497 e. The number of benzene rings is 3. The Kier molecular flexibility index (Phi) is 5.59. The van der Waals surface area contributed by atoms with E-state index in [-0.39, 0.29) is 18.3 Å². The number of methoxy groups -OCH3 is 1. The lowest BCUT2D eigenvalue weighted by Gasteiger charge is -2.20. The standard InChI is InChI=1S/C25H19BrO6/c1-28-19-4-2-3-15(7-19)12-30-20-5-6-21-22(11-20)32-23(24(21)27)10-16-8-18(26)9-17-13-29-14-31-25(16)17/h2-11H,12-14H2,1H3. The molecule has 6 nitrogen and oxygen atoms in total. The molecule has 5 rings (SSSR count). The molecule has 0 spiro atoms. The molecular formula is C25H19BrO6. The van der Waals surface area contributed by atoms with E-state index in [4.69, 9.17) is 23.7 Å². The highest BCUT2D eigenvalue weighted by atomic mass is 79.9. The molecule has 32 heavy (non-hydrogen) atoms. The minimum atomic E-state index is -0.180. The SMILES string of the molecule is COc1cccc(COc2ccc3c(c2)OC(=Cc2cc(Br)cc4c2OCOC4)C3=O)c1. The van der Waals surface area contributed by atoms with Crippen molar-refractivity contribution in [1.29, 1.82) is 0 Å². The van der Waals surface area contributed by atoms with Gasteiger partial charge in [-0.3, -0.25) is 4.79 Å². The van der Waals surface area contributed by atoms with Crippen LogP contribution in [0.25, 0.3) is 6.08 Å². The molecule has 0 unspecified atom stereocenters. The van der Waals surface area contributed by atoms with Crippen LogP contribution in [0.4, 0.5) is 0 Å². The van der Waals surface area contributed by atoms with E-state index in [1.54, 1.807) is 31.4 Å². The van der Waals surface area contributed by atoms with Crippen molar-refractivity contribution in [1.82, 2.24) is 0 Å². The Morgan fingerprint density at radius 2 is 2.00 bits per heavy atom. The van der Waals surface area contributed by atoms with Crippen LogP contribution in [0, 0.1) is 0 Å².